The standard InChI is InChI=1S/C20H18ClN3O2S2/c1-12-18(28-20(23-12)15-8-9-16(21)27-15)19(26)22-11-13-4-6-14(7-5-13)24-10-2-3-17(24)25/h4-9H,2-3,10-11H2,1H3,(H,22,26). The number of amides is 2. The molecule has 0 saturated carbocycles. The first-order valence-corrected chi connectivity index (χ1v) is 10.9. The molecule has 0 unspecified atom stereocenters. The van der Waals surface area contributed by atoms with E-state index in [1.54, 1.807) is 4.90 Å². The first-order valence-electron chi connectivity index (χ1n) is 8.92. The van der Waals surface area contributed by atoms with Crippen LogP contribution in [-0.4, -0.2) is 23.3 Å². The highest BCUT2D eigenvalue weighted by atomic mass is 35.5. The lowest BCUT2D eigenvalue weighted by Gasteiger charge is -2.16. The summed E-state index contributed by atoms with van der Waals surface area (Å²) in [6, 6.07) is 11.5. The van der Waals surface area contributed by atoms with Crippen molar-refractivity contribution in [3.63, 3.8) is 0 Å². The number of nitrogens with one attached hydrogen (secondary N) is 1. The molecule has 4 rings (SSSR count). The monoisotopic (exact) mass is 431 g/mol. The molecule has 5 nitrogen and oxygen atoms in total. The molecule has 0 aliphatic carbocycles. The zero-order valence-corrected chi connectivity index (χ0v) is 17.6. The number of carbonyl (C=O) groups excluding carboxylic acids is 2. The van der Waals surface area contributed by atoms with Gasteiger partial charge in [0.05, 0.1) is 14.9 Å². The maximum atomic E-state index is 12.6. The highest BCUT2D eigenvalue weighted by Crippen LogP contribution is 2.34. The Bertz CT molecular complexity index is 1030. The number of nitrogens with zero attached hydrogens (tertiary/aromatic N) is 2. The summed E-state index contributed by atoms with van der Waals surface area (Å²) in [7, 11) is 0. The molecule has 1 aromatic carbocycles. The number of thiophene rings is 1. The minimum absolute atomic E-state index is 0.136. The van der Waals surface area contributed by atoms with Crippen LogP contribution >= 0.6 is 34.3 Å². The average Bonchev–Trinajstić information content (AvgIpc) is 3.40. The van der Waals surface area contributed by atoms with E-state index in [1.165, 1.54) is 22.7 Å². The third-order valence-electron chi connectivity index (χ3n) is 4.56. The largest absolute Gasteiger partial charge is 0.347 e. The van der Waals surface area contributed by atoms with Gasteiger partial charge in [0.1, 0.15) is 9.88 Å². The Morgan fingerprint density at radius 1 is 1.21 bits per heavy atom. The molecule has 1 saturated heterocycles. The van der Waals surface area contributed by atoms with Crippen LogP contribution in [0.1, 0.15) is 33.8 Å². The van der Waals surface area contributed by atoms with E-state index in [1.807, 2.05) is 43.3 Å². The van der Waals surface area contributed by atoms with Crippen LogP contribution in [-0.2, 0) is 11.3 Å². The Labute approximate surface area is 176 Å². The fourth-order valence-electron chi connectivity index (χ4n) is 3.12. The molecule has 0 atom stereocenters. The quantitative estimate of drug-likeness (QED) is 0.625. The van der Waals surface area contributed by atoms with E-state index in [9.17, 15) is 9.59 Å². The minimum atomic E-state index is -0.136. The number of thiazole rings is 1. The lowest BCUT2D eigenvalue weighted by atomic mass is 10.2. The second kappa shape index (κ2) is 8.03. The van der Waals surface area contributed by atoms with Gasteiger partial charge in [0.15, 0.2) is 0 Å². The van der Waals surface area contributed by atoms with Crippen LogP contribution in [0, 0.1) is 6.92 Å². The van der Waals surface area contributed by atoms with E-state index in [2.05, 4.69) is 10.3 Å². The van der Waals surface area contributed by atoms with Gasteiger partial charge in [-0.3, -0.25) is 9.59 Å². The fraction of sp³-hybridized carbons (Fsp3) is 0.250. The summed E-state index contributed by atoms with van der Waals surface area (Å²) in [5, 5.41) is 3.76. The number of halogens is 1. The molecule has 0 radical (unpaired) electrons. The molecule has 1 N–H and O–H groups in total. The summed E-state index contributed by atoms with van der Waals surface area (Å²) in [6.45, 7) is 3.04. The maximum absolute atomic E-state index is 12.6. The molecular formula is C20H18ClN3O2S2. The van der Waals surface area contributed by atoms with E-state index in [-0.39, 0.29) is 11.8 Å². The molecule has 144 valence electrons. The number of hydrogen-bond acceptors (Lipinski definition) is 5. The predicted molar refractivity (Wildman–Crippen MR) is 114 cm³/mol. The number of aryl methyl sites for hydroxylation is 1. The van der Waals surface area contributed by atoms with Crippen molar-refractivity contribution in [1.29, 1.82) is 0 Å². The van der Waals surface area contributed by atoms with Crippen LogP contribution in [0.4, 0.5) is 5.69 Å². The number of anilines is 1. The Morgan fingerprint density at radius 2 is 2.00 bits per heavy atom. The number of carbonyl (C=O) groups is 2. The maximum Gasteiger partial charge on any atom is 0.263 e. The first kappa shape index (κ1) is 19.1. The van der Waals surface area contributed by atoms with Crippen molar-refractivity contribution in [3.05, 3.63) is 56.9 Å². The number of rotatable bonds is 5. The summed E-state index contributed by atoms with van der Waals surface area (Å²) in [5.41, 5.74) is 2.61. The Morgan fingerprint density at radius 3 is 2.64 bits per heavy atom. The van der Waals surface area contributed by atoms with Crippen LogP contribution < -0.4 is 10.2 Å². The number of aromatic nitrogens is 1. The molecule has 2 aromatic heterocycles. The highest BCUT2D eigenvalue weighted by Gasteiger charge is 2.21. The van der Waals surface area contributed by atoms with E-state index >= 15 is 0 Å². The van der Waals surface area contributed by atoms with E-state index in [0.717, 1.165) is 34.1 Å². The molecule has 8 heteroatoms. The lowest BCUT2D eigenvalue weighted by Crippen LogP contribution is -2.24. The molecule has 1 aliphatic rings. The van der Waals surface area contributed by atoms with Gasteiger partial charge in [0, 0.05) is 25.2 Å². The lowest BCUT2D eigenvalue weighted by molar-refractivity contribution is -0.117. The van der Waals surface area contributed by atoms with E-state index < -0.39 is 0 Å². The molecule has 1 aliphatic heterocycles. The molecule has 3 heterocycles. The second-order valence-corrected chi connectivity index (χ2v) is 9.25. The normalized spacial score (nSPS) is 13.9. The van der Waals surface area contributed by atoms with Gasteiger partial charge in [-0.05, 0) is 43.2 Å². The van der Waals surface area contributed by atoms with Crippen LogP contribution in [0.3, 0.4) is 0 Å². The van der Waals surface area contributed by atoms with Crippen LogP contribution in [0.2, 0.25) is 4.34 Å². The van der Waals surface area contributed by atoms with Crippen molar-refractivity contribution >= 4 is 51.8 Å². The molecule has 2 amide bonds. The molecular weight excluding hydrogens is 414 g/mol. The number of hydrogen-bond donors (Lipinski definition) is 1. The fourth-order valence-corrected chi connectivity index (χ4v) is 5.20. The number of benzene rings is 1. The topological polar surface area (TPSA) is 62.3 Å². The van der Waals surface area contributed by atoms with Crippen molar-refractivity contribution in [2.75, 3.05) is 11.4 Å². The molecule has 3 aromatic rings. The Hall–Kier alpha value is -2.22. The summed E-state index contributed by atoms with van der Waals surface area (Å²) in [4.78, 5) is 32.3. The van der Waals surface area contributed by atoms with E-state index in [4.69, 9.17) is 11.6 Å². The van der Waals surface area contributed by atoms with Crippen molar-refractivity contribution in [2.45, 2.75) is 26.3 Å². The first-order chi connectivity index (χ1) is 13.5. The SMILES string of the molecule is Cc1nc(-c2ccc(Cl)s2)sc1C(=O)NCc1ccc(N2CCCC2=O)cc1. The van der Waals surface area contributed by atoms with Crippen molar-refractivity contribution in [1.82, 2.24) is 10.3 Å². The van der Waals surface area contributed by atoms with Crippen molar-refractivity contribution < 1.29 is 9.59 Å². The third-order valence-corrected chi connectivity index (χ3v) is 7.12. The molecule has 0 bridgehead atoms. The zero-order chi connectivity index (χ0) is 19.7. The second-order valence-electron chi connectivity index (χ2n) is 6.54. The van der Waals surface area contributed by atoms with Gasteiger partial charge in [-0.15, -0.1) is 22.7 Å². The van der Waals surface area contributed by atoms with Crippen molar-refractivity contribution in [3.8, 4) is 9.88 Å². The van der Waals surface area contributed by atoms with Gasteiger partial charge in [-0.1, -0.05) is 23.7 Å². The summed E-state index contributed by atoms with van der Waals surface area (Å²) in [6.07, 6.45) is 1.52. The van der Waals surface area contributed by atoms with Gasteiger partial charge in [-0.2, -0.15) is 0 Å². The Kier molecular flexibility index (Phi) is 5.48. The van der Waals surface area contributed by atoms with Gasteiger partial charge < -0.3 is 10.2 Å². The van der Waals surface area contributed by atoms with Crippen LogP contribution in [0.25, 0.3) is 9.88 Å². The third kappa shape index (κ3) is 3.97. The van der Waals surface area contributed by atoms with Gasteiger partial charge in [0.25, 0.3) is 5.91 Å². The van der Waals surface area contributed by atoms with Crippen LogP contribution in [0.5, 0.6) is 0 Å². The highest BCUT2D eigenvalue weighted by molar-refractivity contribution is 7.24. The molecule has 28 heavy (non-hydrogen) atoms. The Balaban J connectivity index is 1.40. The molecule has 1 fully saturated rings. The average molecular weight is 432 g/mol. The predicted octanol–water partition coefficient (Wildman–Crippen LogP) is 4.89. The molecule has 0 spiro atoms. The zero-order valence-electron chi connectivity index (χ0n) is 15.2. The van der Waals surface area contributed by atoms with Crippen molar-refractivity contribution in [2.24, 2.45) is 0 Å². The summed E-state index contributed by atoms with van der Waals surface area (Å²) >= 11 is 8.82. The van der Waals surface area contributed by atoms with Gasteiger partial charge in [0.2, 0.25) is 5.91 Å². The van der Waals surface area contributed by atoms with Gasteiger partial charge in [-0.25, -0.2) is 4.98 Å². The van der Waals surface area contributed by atoms with Gasteiger partial charge >= 0.3 is 0 Å². The van der Waals surface area contributed by atoms with E-state index in [0.29, 0.717) is 27.9 Å². The summed E-state index contributed by atoms with van der Waals surface area (Å²) < 4.78 is 0.702. The summed E-state index contributed by atoms with van der Waals surface area (Å²) in [5.74, 6) is 0.0345. The minimum Gasteiger partial charge on any atom is -0.347 e. The smallest absolute Gasteiger partial charge is 0.263 e. The van der Waals surface area contributed by atoms with Crippen LogP contribution in [0.15, 0.2) is 36.4 Å².